The number of nitrogens with zero attached hydrogens (tertiary/aromatic N) is 1. The smallest absolute Gasteiger partial charge is 0.338 e. The minimum atomic E-state index is -3.78. The Balaban J connectivity index is 2.02. The van der Waals surface area contributed by atoms with Gasteiger partial charge in [-0.2, -0.15) is 0 Å². The monoisotopic (exact) mass is 427 g/mol. The van der Waals surface area contributed by atoms with E-state index in [2.05, 4.69) is 10.6 Å². The second-order valence-electron chi connectivity index (χ2n) is 7.04. The second-order valence-corrected chi connectivity index (χ2v) is 9.16. The van der Waals surface area contributed by atoms with E-state index in [1.165, 1.54) is 39.4 Å². The van der Waals surface area contributed by atoms with Gasteiger partial charge in [-0.3, -0.25) is 0 Å². The van der Waals surface area contributed by atoms with Crippen molar-refractivity contribution in [2.45, 2.75) is 49.6 Å². The summed E-state index contributed by atoms with van der Waals surface area (Å²) in [5, 5.41) is 5.59. The zero-order valence-electron chi connectivity index (χ0n) is 17.2. The molecule has 0 saturated heterocycles. The normalized spacial score (nSPS) is 19.5. The lowest BCUT2D eigenvalue weighted by Gasteiger charge is -2.29. The van der Waals surface area contributed by atoms with Crippen LogP contribution in [0.15, 0.2) is 23.1 Å². The molecule has 2 N–H and O–H groups in total. The molecule has 1 fully saturated rings. The third-order valence-corrected chi connectivity index (χ3v) is 6.61. The van der Waals surface area contributed by atoms with Crippen LogP contribution in [0.25, 0.3) is 0 Å². The van der Waals surface area contributed by atoms with Crippen molar-refractivity contribution in [2.75, 3.05) is 27.7 Å². The summed E-state index contributed by atoms with van der Waals surface area (Å²) in [6.45, 7) is 2.41. The van der Waals surface area contributed by atoms with E-state index in [0.29, 0.717) is 32.2 Å². The fourth-order valence-corrected chi connectivity index (χ4v) is 4.22. The molecule has 0 atom stereocenters. The number of urea groups is 1. The molecular weight excluding hydrogens is 398 g/mol. The van der Waals surface area contributed by atoms with E-state index in [0.717, 1.165) is 4.31 Å². The first-order valence-corrected chi connectivity index (χ1v) is 11.0. The highest BCUT2D eigenvalue weighted by Crippen LogP contribution is 2.28. The molecule has 0 heterocycles. The molecule has 0 aliphatic heterocycles. The molecule has 1 aliphatic rings. The lowest BCUT2D eigenvalue weighted by Crippen LogP contribution is -2.44. The van der Waals surface area contributed by atoms with E-state index in [1.54, 1.807) is 0 Å². The largest absolute Gasteiger partial charge is 0.495 e. The molecule has 29 heavy (non-hydrogen) atoms. The molecule has 0 bridgehead atoms. The molecule has 0 unspecified atom stereocenters. The molecule has 0 aromatic heterocycles. The number of hydrogen-bond acceptors (Lipinski definition) is 6. The predicted octanol–water partition coefficient (Wildman–Crippen LogP) is 1.73. The number of methoxy groups -OCH3 is 1. The zero-order valence-corrected chi connectivity index (χ0v) is 18.0. The van der Waals surface area contributed by atoms with Gasteiger partial charge in [0.25, 0.3) is 0 Å². The standard InChI is InChI=1S/C19H29N3O6S/c1-5-20-19(24)21-14-7-9-15(10-8-14)28-18(23)13-6-11-16(27-4)17(12-13)29(25,26)22(2)3/h6,11-12,14-15H,5,7-10H2,1-4H3,(H2,20,21,24). The summed E-state index contributed by atoms with van der Waals surface area (Å²) >= 11 is 0. The fourth-order valence-electron chi connectivity index (χ4n) is 3.14. The van der Waals surface area contributed by atoms with Gasteiger partial charge in [0, 0.05) is 26.7 Å². The number of sulfonamides is 1. The van der Waals surface area contributed by atoms with Crippen molar-refractivity contribution in [3.05, 3.63) is 23.8 Å². The quantitative estimate of drug-likeness (QED) is 0.641. The summed E-state index contributed by atoms with van der Waals surface area (Å²) in [5.41, 5.74) is 0.147. The zero-order chi connectivity index (χ0) is 21.6. The van der Waals surface area contributed by atoms with E-state index >= 15 is 0 Å². The van der Waals surface area contributed by atoms with Gasteiger partial charge in [-0.05, 0) is 50.8 Å². The van der Waals surface area contributed by atoms with E-state index in [4.69, 9.17) is 9.47 Å². The first-order valence-electron chi connectivity index (χ1n) is 9.55. The first-order chi connectivity index (χ1) is 13.7. The summed E-state index contributed by atoms with van der Waals surface area (Å²) in [4.78, 5) is 24.1. The van der Waals surface area contributed by atoms with Crippen molar-refractivity contribution in [1.82, 2.24) is 14.9 Å². The molecule has 9 nitrogen and oxygen atoms in total. The number of nitrogens with one attached hydrogen (secondary N) is 2. The Kier molecular flexibility index (Phi) is 7.86. The highest BCUT2D eigenvalue weighted by molar-refractivity contribution is 7.89. The van der Waals surface area contributed by atoms with Crippen molar-refractivity contribution < 1.29 is 27.5 Å². The van der Waals surface area contributed by atoms with Crippen LogP contribution in [0.1, 0.15) is 43.0 Å². The van der Waals surface area contributed by atoms with Crippen molar-refractivity contribution >= 4 is 22.0 Å². The van der Waals surface area contributed by atoms with Crippen molar-refractivity contribution in [2.24, 2.45) is 0 Å². The lowest BCUT2D eigenvalue weighted by molar-refractivity contribution is 0.0188. The van der Waals surface area contributed by atoms with Gasteiger partial charge in [0.15, 0.2) is 0 Å². The molecule has 1 aromatic rings. The number of hydrogen-bond donors (Lipinski definition) is 2. The number of rotatable bonds is 7. The molecule has 1 aliphatic carbocycles. The molecule has 2 rings (SSSR count). The van der Waals surface area contributed by atoms with Gasteiger partial charge in [-0.1, -0.05) is 0 Å². The maximum atomic E-state index is 12.6. The number of carbonyl (C=O) groups is 2. The van der Waals surface area contributed by atoms with Crippen LogP contribution in [0.3, 0.4) is 0 Å². The number of benzene rings is 1. The van der Waals surface area contributed by atoms with Crippen molar-refractivity contribution in [3.8, 4) is 5.75 Å². The Morgan fingerprint density at radius 1 is 1.17 bits per heavy atom. The van der Waals surface area contributed by atoms with Gasteiger partial charge >= 0.3 is 12.0 Å². The van der Waals surface area contributed by atoms with Crippen LogP contribution in [0.2, 0.25) is 0 Å². The van der Waals surface area contributed by atoms with Crippen LogP contribution in [0.5, 0.6) is 5.75 Å². The summed E-state index contributed by atoms with van der Waals surface area (Å²) in [6, 6.07) is 4.06. The summed E-state index contributed by atoms with van der Waals surface area (Å²) < 4.78 is 36.8. The Labute approximate surface area is 171 Å². The molecule has 1 aromatic carbocycles. The van der Waals surface area contributed by atoms with Gasteiger partial charge in [-0.25, -0.2) is 22.3 Å². The predicted molar refractivity (Wildman–Crippen MR) is 108 cm³/mol. The van der Waals surface area contributed by atoms with Crippen LogP contribution < -0.4 is 15.4 Å². The Morgan fingerprint density at radius 3 is 2.38 bits per heavy atom. The highest BCUT2D eigenvalue weighted by atomic mass is 32.2. The first kappa shape index (κ1) is 23.0. The minimum absolute atomic E-state index is 0.0503. The average molecular weight is 428 g/mol. The van der Waals surface area contributed by atoms with Gasteiger partial charge in [0.05, 0.1) is 12.7 Å². The fraction of sp³-hybridized carbons (Fsp3) is 0.579. The molecule has 10 heteroatoms. The van der Waals surface area contributed by atoms with Gasteiger partial charge in [0.1, 0.15) is 16.7 Å². The molecule has 1 saturated carbocycles. The van der Waals surface area contributed by atoms with E-state index in [1.807, 2.05) is 6.92 Å². The second kappa shape index (κ2) is 9.93. The molecule has 2 amide bonds. The Hall–Kier alpha value is -2.33. The third-order valence-electron chi connectivity index (χ3n) is 4.78. The third kappa shape index (κ3) is 5.83. The maximum absolute atomic E-state index is 12.6. The molecule has 162 valence electrons. The average Bonchev–Trinajstić information content (AvgIpc) is 2.69. The van der Waals surface area contributed by atoms with Crippen molar-refractivity contribution in [3.63, 3.8) is 0 Å². The number of ether oxygens (including phenoxy) is 2. The molecular formula is C19H29N3O6S. The van der Waals surface area contributed by atoms with E-state index in [9.17, 15) is 18.0 Å². The minimum Gasteiger partial charge on any atom is -0.495 e. The van der Waals surface area contributed by atoms with Gasteiger partial charge < -0.3 is 20.1 Å². The van der Waals surface area contributed by atoms with Gasteiger partial charge in [-0.15, -0.1) is 0 Å². The van der Waals surface area contributed by atoms with Crippen LogP contribution in [-0.4, -0.2) is 64.6 Å². The lowest BCUT2D eigenvalue weighted by atomic mass is 9.93. The summed E-state index contributed by atoms with van der Waals surface area (Å²) in [6.07, 6.45) is 2.39. The van der Waals surface area contributed by atoms with Crippen LogP contribution >= 0.6 is 0 Å². The molecule has 0 spiro atoms. The van der Waals surface area contributed by atoms with E-state index in [-0.39, 0.29) is 34.4 Å². The summed E-state index contributed by atoms with van der Waals surface area (Å²) in [5.74, 6) is -0.421. The van der Waals surface area contributed by atoms with Crippen LogP contribution in [0, 0.1) is 0 Å². The van der Waals surface area contributed by atoms with Crippen LogP contribution in [0.4, 0.5) is 4.79 Å². The van der Waals surface area contributed by atoms with E-state index < -0.39 is 16.0 Å². The Morgan fingerprint density at radius 2 is 1.83 bits per heavy atom. The Bertz CT molecular complexity index is 832. The highest BCUT2D eigenvalue weighted by Gasteiger charge is 2.27. The van der Waals surface area contributed by atoms with Crippen LogP contribution in [-0.2, 0) is 14.8 Å². The number of esters is 1. The number of carbonyl (C=O) groups excluding carboxylic acids is 2. The molecule has 0 radical (unpaired) electrons. The number of amides is 2. The summed E-state index contributed by atoms with van der Waals surface area (Å²) in [7, 11) is 0.412. The maximum Gasteiger partial charge on any atom is 0.338 e. The van der Waals surface area contributed by atoms with Gasteiger partial charge in [0.2, 0.25) is 10.0 Å². The SMILES string of the molecule is CCNC(=O)NC1CCC(OC(=O)c2ccc(OC)c(S(=O)(=O)N(C)C)c2)CC1. The topological polar surface area (TPSA) is 114 Å². The van der Waals surface area contributed by atoms with Crippen molar-refractivity contribution in [1.29, 1.82) is 0 Å².